The van der Waals surface area contributed by atoms with E-state index >= 15 is 0 Å². The van der Waals surface area contributed by atoms with Gasteiger partial charge in [0.2, 0.25) is 0 Å². The fourth-order valence-corrected chi connectivity index (χ4v) is 7.76. The molecule has 7 atom stereocenters. The molecule has 0 bridgehead atoms. The molecule has 0 spiro atoms. The first-order chi connectivity index (χ1) is 13.2. The Labute approximate surface area is 176 Å². The number of rotatable bonds is 3. The largest absolute Gasteiger partial charge is 0.461 e. The minimum atomic E-state index is -0.227. The van der Waals surface area contributed by atoms with Crippen LogP contribution in [0.3, 0.4) is 0 Å². The summed E-state index contributed by atoms with van der Waals surface area (Å²) in [7, 11) is 0. The molecule has 4 rings (SSSR count). The summed E-state index contributed by atoms with van der Waals surface area (Å²) in [5, 5.41) is 0.190. The Morgan fingerprint density at radius 3 is 2.64 bits per heavy atom. The van der Waals surface area contributed by atoms with Crippen molar-refractivity contribution in [3.8, 4) is 0 Å². The summed E-state index contributed by atoms with van der Waals surface area (Å²) in [5.74, 6) is 1.55. The van der Waals surface area contributed by atoms with Gasteiger partial charge < -0.3 is 4.74 Å². The molecule has 0 aliphatic heterocycles. The van der Waals surface area contributed by atoms with E-state index in [0.717, 1.165) is 38.5 Å². The Morgan fingerprint density at radius 1 is 1.21 bits per heavy atom. The highest BCUT2D eigenvalue weighted by atomic mass is 79.9. The van der Waals surface area contributed by atoms with Crippen molar-refractivity contribution in [2.75, 3.05) is 5.33 Å². The third-order valence-corrected chi connectivity index (χ3v) is 9.21. The van der Waals surface area contributed by atoms with Gasteiger partial charge in [0.05, 0.1) is 0 Å². The van der Waals surface area contributed by atoms with Gasteiger partial charge in [-0.05, 0) is 74.2 Å². The van der Waals surface area contributed by atoms with Crippen LogP contribution in [0.15, 0.2) is 11.6 Å². The predicted octanol–water partition coefficient (Wildman–Crippen LogP) is 4.64. The number of hydrogen-bond acceptors (Lipinski definition) is 4. The van der Waals surface area contributed by atoms with Gasteiger partial charge in [-0.3, -0.25) is 14.4 Å². The van der Waals surface area contributed by atoms with Gasteiger partial charge in [0.1, 0.15) is 17.2 Å². The lowest BCUT2D eigenvalue weighted by Crippen LogP contribution is -2.58. The van der Waals surface area contributed by atoms with Gasteiger partial charge in [0.15, 0.2) is 5.78 Å². The van der Waals surface area contributed by atoms with Crippen molar-refractivity contribution in [1.82, 2.24) is 0 Å². The smallest absolute Gasteiger partial charge is 0.316 e. The van der Waals surface area contributed by atoms with E-state index in [4.69, 9.17) is 4.74 Å². The Kier molecular flexibility index (Phi) is 5.13. The predicted molar refractivity (Wildman–Crippen MR) is 110 cm³/mol. The Balaban J connectivity index is 1.76. The molecular formula is C23H31BrO4. The third kappa shape index (κ3) is 2.95. The van der Waals surface area contributed by atoms with Crippen molar-refractivity contribution < 1.29 is 19.1 Å². The number of carbonyl (C=O) groups is 3. The summed E-state index contributed by atoms with van der Waals surface area (Å²) in [5.41, 5.74) is 1.09. The van der Waals surface area contributed by atoms with Crippen molar-refractivity contribution in [2.45, 2.75) is 71.8 Å². The molecule has 4 aliphatic carbocycles. The zero-order valence-corrected chi connectivity index (χ0v) is 18.7. The molecular weight excluding hydrogens is 420 g/mol. The molecule has 4 aliphatic rings. The minimum absolute atomic E-state index is 0.0706. The second-order valence-corrected chi connectivity index (χ2v) is 10.6. The van der Waals surface area contributed by atoms with E-state index in [-0.39, 0.29) is 51.6 Å². The summed E-state index contributed by atoms with van der Waals surface area (Å²) >= 11 is 3.24. The number of alkyl halides is 1. The molecule has 0 unspecified atom stereocenters. The van der Waals surface area contributed by atoms with E-state index in [9.17, 15) is 14.4 Å². The van der Waals surface area contributed by atoms with E-state index in [2.05, 4.69) is 29.8 Å². The number of Topliss-reactive ketones (excluding diaryl/α,β-unsaturated/α-hetero) is 1. The van der Waals surface area contributed by atoms with Crippen LogP contribution in [-0.2, 0) is 19.1 Å². The molecule has 3 fully saturated rings. The summed E-state index contributed by atoms with van der Waals surface area (Å²) in [6.07, 6.45) is 7.93. The van der Waals surface area contributed by atoms with E-state index in [1.165, 1.54) is 5.57 Å². The molecule has 0 aromatic rings. The highest BCUT2D eigenvalue weighted by Gasteiger charge is 2.63. The van der Waals surface area contributed by atoms with Gasteiger partial charge in [-0.2, -0.15) is 0 Å². The summed E-state index contributed by atoms with van der Waals surface area (Å²) in [6.45, 7) is 6.27. The molecule has 0 N–H and O–H groups in total. The molecule has 0 amide bonds. The maximum Gasteiger partial charge on any atom is 0.316 e. The fourth-order valence-electron chi connectivity index (χ4n) is 7.63. The number of hydrogen-bond donors (Lipinski definition) is 0. The Morgan fingerprint density at radius 2 is 1.96 bits per heavy atom. The number of ether oxygens (including phenoxy) is 1. The van der Waals surface area contributed by atoms with Crippen molar-refractivity contribution >= 4 is 33.5 Å². The topological polar surface area (TPSA) is 60.4 Å². The molecule has 0 aromatic heterocycles. The van der Waals surface area contributed by atoms with Crippen LogP contribution in [0.5, 0.6) is 0 Å². The summed E-state index contributed by atoms with van der Waals surface area (Å²) in [6, 6.07) is 0. The summed E-state index contributed by atoms with van der Waals surface area (Å²) in [4.78, 5) is 36.8. The van der Waals surface area contributed by atoms with Crippen LogP contribution in [0.25, 0.3) is 0 Å². The summed E-state index contributed by atoms with van der Waals surface area (Å²) < 4.78 is 6.04. The molecule has 0 radical (unpaired) electrons. The van der Waals surface area contributed by atoms with E-state index < -0.39 is 0 Å². The van der Waals surface area contributed by atoms with Crippen molar-refractivity contribution in [2.24, 2.45) is 34.5 Å². The Hall–Kier alpha value is -0.970. The van der Waals surface area contributed by atoms with Gasteiger partial charge in [-0.15, -0.1) is 0 Å². The van der Waals surface area contributed by atoms with Gasteiger partial charge >= 0.3 is 5.97 Å². The van der Waals surface area contributed by atoms with Crippen LogP contribution in [0.1, 0.15) is 65.7 Å². The lowest BCUT2D eigenvalue weighted by atomic mass is 9.46. The SMILES string of the molecule is CC(=O)[C@H]1CC[C@H]2[C@@H]3CCC4=CC(=O)CC[C@]4(C)[C@H]3[C@H](OC(=O)CBr)C[C@]12C. The number of ketones is 2. The number of allylic oxidation sites excluding steroid dienone is 1. The van der Waals surface area contributed by atoms with E-state index in [0.29, 0.717) is 18.3 Å². The average Bonchev–Trinajstić information content (AvgIpc) is 2.98. The van der Waals surface area contributed by atoms with Crippen LogP contribution in [0.4, 0.5) is 0 Å². The van der Waals surface area contributed by atoms with Crippen molar-refractivity contribution in [3.63, 3.8) is 0 Å². The second kappa shape index (κ2) is 7.07. The first kappa shape index (κ1) is 20.3. The second-order valence-electron chi connectivity index (χ2n) is 10.0. The third-order valence-electron chi connectivity index (χ3n) is 8.75. The van der Waals surface area contributed by atoms with Crippen LogP contribution in [0, 0.1) is 34.5 Å². The van der Waals surface area contributed by atoms with Gasteiger partial charge in [-0.1, -0.05) is 35.4 Å². The average molecular weight is 451 g/mol. The fraction of sp³-hybridized carbons (Fsp3) is 0.783. The monoisotopic (exact) mass is 450 g/mol. The number of halogens is 1. The minimum Gasteiger partial charge on any atom is -0.461 e. The Bertz CT molecular complexity index is 743. The number of esters is 1. The van der Waals surface area contributed by atoms with Gasteiger partial charge in [0.25, 0.3) is 0 Å². The molecule has 0 saturated heterocycles. The maximum atomic E-state index is 12.4. The molecule has 5 heteroatoms. The highest BCUT2D eigenvalue weighted by Crippen LogP contribution is 2.67. The van der Waals surface area contributed by atoms with E-state index in [1.807, 2.05) is 6.08 Å². The molecule has 0 aromatic carbocycles. The molecule has 154 valence electrons. The first-order valence-electron chi connectivity index (χ1n) is 10.7. The van der Waals surface area contributed by atoms with Crippen molar-refractivity contribution in [3.05, 3.63) is 11.6 Å². The number of fused-ring (bicyclic) bond motifs is 5. The maximum absolute atomic E-state index is 12.4. The molecule has 3 saturated carbocycles. The molecule has 28 heavy (non-hydrogen) atoms. The van der Waals surface area contributed by atoms with Gasteiger partial charge in [0, 0.05) is 18.3 Å². The van der Waals surface area contributed by atoms with Crippen LogP contribution in [0.2, 0.25) is 0 Å². The van der Waals surface area contributed by atoms with Crippen LogP contribution >= 0.6 is 15.9 Å². The quantitative estimate of drug-likeness (QED) is 0.463. The zero-order valence-electron chi connectivity index (χ0n) is 17.1. The number of carbonyl (C=O) groups excluding carboxylic acids is 3. The highest BCUT2D eigenvalue weighted by molar-refractivity contribution is 9.09. The molecule has 4 nitrogen and oxygen atoms in total. The lowest BCUT2D eigenvalue weighted by Gasteiger charge is -2.60. The zero-order chi connectivity index (χ0) is 20.3. The normalized spacial score (nSPS) is 44.8. The standard InChI is InChI=1S/C23H31BrO4/c1-13(25)17-6-7-18-16-5-4-14-10-15(26)8-9-22(14,2)21(16)19(11-23(17,18)3)28-20(27)12-24/h10,16-19,21H,4-9,11-12H2,1-3H3/t16-,17+,18-,19+,21+,22-,23+/m0/s1. The van der Waals surface area contributed by atoms with Gasteiger partial charge in [-0.25, -0.2) is 0 Å². The first-order valence-corrected chi connectivity index (χ1v) is 11.8. The van der Waals surface area contributed by atoms with Crippen LogP contribution < -0.4 is 0 Å². The lowest BCUT2D eigenvalue weighted by molar-refractivity contribution is -0.175. The van der Waals surface area contributed by atoms with E-state index in [1.54, 1.807) is 6.92 Å². The molecule has 0 heterocycles. The van der Waals surface area contributed by atoms with Crippen LogP contribution in [-0.4, -0.2) is 29.0 Å². The van der Waals surface area contributed by atoms with Crippen molar-refractivity contribution in [1.29, 1.82) is 0 Å².